The molecule has 0 atom stereocenters. The fraction of sp³-hybridized carbons (Fsp3) is 0.500. The number of piperidine rings is 1. The van der Waals surface area contributed by atoms with Crippen molar-refractivity contribution in [3.63, 3.8) is 0 Å². The fourth-order valence-corrected chi connectivity index (χ4v) is 3.56. The average molecular weight is 357 g/mol. The van der Waals surface area contributed by atoms with Crippen LogP contribution in [0, 0.1) is 5.92 Å². The Kier molecular flexibility index (Phi) is 5.32. The molecule has 0 bridgehead atoms. The molecule has 1 aromatic carbocycles. The van der Waals surface area contributed by atoms with Crippen molar-refractivity contribution in [2.75, 3.05) is 20.2 Å². The van der Waals surface area contributed by atoms with E-state index in [1.54, 1.807) is 13.2 Å². The van der Waals surface area contributed by atoms with Gasteiger partial charge in [-0.3, -0.25) is 9.89 Å². The van der Waals surface area contributed by atoms with E-state index in [9.17, 15) is 9.90 Å². The highest BCUT2D eigenvalue weighted by atomic mass is 16.5. The molecule has 1 aliphatic rings. The Hall–Kier alpha value is -2.34. The smallest absolute Gasteiger partial charge is 0.271 e. The zero-order valence-electron chi connectivity index (χ0n) is 15.7. The van der Waals surface area contributed by atoms with Gasteiger partial charge in [0.25, 0.3) is 5.91 Å². The van der Waals surface area contributed by atoms with Crippen molar-refractivity contribution in [2.24, 2.45) is 5.92 Å². The van der Waals surface area contributed by atoms with Crippen LogP contribution in [0.15, 0.2) is 30.3 Å². The second-order valence-electron chi connectivity index (χ2n) is 7.65. The molecule has 0 saturated carbocycles. The van der Waals surface area contributed by atoms with Crippen molar-refractivity contribution in [1.29, 1.82) is 0 Å². The summed E-state index contributed by atoms with van der Waals surface area (Å²) in [6.45, 7) is 5.12. The number of hydrogen-bond donors (Lipinski definition) is 2. The summed E-state index contributed by atoms with van der Waals surface area (Å²) >= 11 is 0. The first-order valence-electron chi connectivity index (χ1n) is 9.07. The van der Waals surface area contributed by atoms with Crippen LogP contribution in [0.3, 0.4) is 0 Å². The molecule has 6 nitrogen and oxygen atoms in total. The summed E-state index contributed by atoms with van der Waals surface area (Å²) in [4.78, 5) is 14.6. The van der Waals surface area contributed by atoms with E-state index in [0.717, 1.165) is 49.4 Å². The minimum absolute atomic E-state index is 0.0148. The third-order valence-corrected chi connectivity index (χ3v) is 4.88. The number of aliphatic hydroxyl groups is 1. The van der Waals surface area contributed by atoms with Gasteiger partial charge >= 0.3 is 0 Å². The molecule has 0 aliphatic carbocycles. The number of carbonyl (C=O) groups excluding carboxylic acids is 1. The molecule has 1 aromatic heterocycles. The second kappa shape index (κ2) is 7.50. The lowest BCUT2D eigenvalue weighted by molar-refractivity contribution is 0.0357. The molecule has 2 aromatic rings. The van der Waals surface area contributed by atoms with Crippen LogP contribution < -0.4 is 4.74 Å². The van der Waals surface area contributed by atoms with Crippen molar-refractivity contribution in [3.05, 3.63) is 36.0 Å². The van der Waals surface area contributed by atoms with Gasteiger partial charge in [0.15, 0.2) is 0 Å². The van der Waals surface area contributed by atoms with Crippen molar-refractivity contribution in [3.8, 4) is 17.0 Å². The van der Waals surface area contributed by atoms with E-state index in [2.05, 4.69) is 10.2 Å². The molecule has 2 N–H and O–H groups in total. The molecule has 0 radical (unpaired) electrons. The van der Waals surface area contributed by atoms with Crippen molar-refractivity contribution in [1.82, 2.24) is 15.1 Å². The average Bonchev–Trinajstić information content (AvgIpc) is 3.10. The first-order valence-corrected chi connectivity index (χ1v) is 9.07. The van der Waals surface area contributed by atoms with Crippen LogP contribution in [-0.4, -0.2) is 51.9 Å². The molecule has 1 amide bonds. The molecule has 0 spiro atoms. The third kappa shape index (κ3) is 4.43. The van der Waals surface area contributed by atoms with Gasteiger partial charge in [-0.1, -0.05) is 0 Å². The van der Waals surface area contributed by atoms with Crippen LogP contribution in [0.1, 0.15) is 43.6 Å². The lowest BCUT2D eigenvalue weighted by atomic mass is 9.86. The number of nitrogens with one attached hydrogen (secondary N) is 1. The SMILES string of the molecule is COc1ccc(-c2cc(C(=O)N3CCC(CC(C)(C)O)CC3)[nH]n2)cc1. The number of aromatic nitrogens is 2. The number of nitrogens with zero attached hydrogens (tertiary/aromatic N) is 2. The van der Waals surface area contributed by atoms with E-state index < -0.39 is 5.60 Å². The summed E-state index contributed by atoms with van der Waals surface area (Å²) in [5.74, 6) is 1.24. The molecule has 3 rings (SSSR count). The van der Waals surface area contributed by atoms with E-state index in [0.29, 0.717) is 11.6 Å². The standard InChI is InChI=1S/C20H27N3O3/c1-20(2,25)13-14-8-10-23(11-9-14)19(24)18-12-17(21-22-18)15-4-6-16(26-3)7-5-15/h4-7,12,14,25H,8-11,13H2,1-3H3,(H,21,22). The Morgan fingerprint density at radius 3 is 2.54 bits per heavy atom. The molecule has 6 heteroatoms. The van der Waals surface area contributed by atoms with Gasteiger partial charge in [0.05, 0.1) is 18.4 Å². The van der Waals surface area contributed by atoms with Crippen LogP contribution in [-0.2, 0) is 0 Å². The molecule has 1 aliphatic heterocycles. The summed E-state index contributed by atoms with van der Waals surface area (Å²) < 4.78 is 5.16. The van der Waals surface area contributed by atoms with Gasteiger partial charge < -0.3 is 14.7 Å². The quantitative estimate of drug-likeness (QED) is 0.862. The fourth-order valence-electron chi connectivity index (χ4n) is 3.56. The Morgan fingerprint density at radius 2 is 1.96 bits per heavy atom. The van der Waals surface area contributed by atoms with Crippen molar-refractivity contribution >= 4 is 5.91 Å². The molecule has 0 unspecified atom stereocenters. The number of carbonyl (C=O) groups is 1. The molecule has 2 heterocycles. The molecule has 140 valence electrons. The maximum absolute atomic E-state index is 12.7. The monoisotopic (exact) mass is 357 g/mol. The first-order chi connectivity index (χ1) is 12.4. The summed E-state index contributed by atoms with van der Waals surface area (Å²) in [5, 5.41) is 17.1. The zero-order valence-corrected chi connectivity index (χ0v) is 15.7. The Labute approximate surface area is 154 Å². The van der Waals surface area contributed by atoms with Gasteiger partial charge in [-0.25, -0.2) is 0 Å². The number of ether oxygens (including phenoxy) is 1. The van der Waals surface area contributed by atoms with E-state index >= 15 is 0 Å². The molecular formula is C20H27N3O3. The van der Waals surface area contributed by atoms with Gasteiger partial charge in [0, 0.05) is 18.7 Å². The predicted octanol–water partition coefficient (Wildman–Crippen LogP) is 3.10. The number of benzene rings is 1. The van der Waals surface area contributed by atoms with Crippen molar-refractivity contribution < 1.29 is 14.6 Å². The van der Waals surface area contributed by atoms with Crippen molar-refractivity contribution in [2.45, 2.75) is 38.7 Å². The number of H-pyrrole nitrogens is 1. The lowest BCUT2D eigenvalue weighted by Gasteiger charge is -2.34. The number of likely N-dealkylation sites (tertiary alicyclic amines) is 1. The van der Waals surface area contributed by atoms with Gasteiger partial charge in [0.2, 0.25) is 0 Å². The van der Waals surface area contributed by atoms with Gasteiger partial charge in [0.1, 0.15) is 11.4 Å². The number of rotatable bonds is 5. The second-order valence-corrected chi connectivity index (χ2v) is 7.65. The Bertz CT molecular complexity index is 738. The highest BCUT2D eigenvalue weighted by Gasteiger charge is 2.28. The third-order valence-electron chi connectivity index (χ3n) is 4.88. The normalized spacial score (nSPS) is 15.9. The Balaban J connectivity index is 1.61. The van der Waals surface area contributed by atoms with Gasteiger partial charge in [-0.2, -0.15) is 5.10 Å². The topological polar surface area (TPSA) is 78.5 Å². The minimum Gasteiger partial charge on any atom is -0.497 e. The summed E-state index contributed by atoms with van der Waals surface area (Å²) in [6, 6.07) is 9.39. The Morgan fingerprint density at radius 1 is 1.31 bits per heavy atom. The van der Waals surface area contributed by atoms with Crippen LogP contribution in [0.2, 0.25) is 0 Å². The number of hydrogen-bond acceptors (Lipinski definition) is 4. The largest absolute Gasteiger partial charge is 0.497 e. The molecular weight excluding hydrogens is 330 g/mol. The predicted molar refractivity (Wildman–Crippen MR) is 100 cm³/mol. The summed E-state index contributed by atoms with van der Waals surface area (Å²) in [5.41, 5.74) is 1.54. The first kappa shape index (κ1) is 18.5. The number of methoxy groups -OCH3 is 1. The number of amides is 1. The van der Waals surface area contributed by atoms with Crippen LogP contribution >= 0.6 is 0 Å². The molecule has 26 heavy (non-hydrogen) atoms. The highest BCUT2D eigenvalue weighted by Crippen LogP contribution is 2.27. The van der Waals surface area contributed by atoms with Gasteiger partial charge in [-0.05, 0) is 69.4 Å². The zero-order chi connectivity index (χ0) is 18.7. The highest BCUT2D eigenvalue weighted by molar-refractivity contribution is 5.93. The van der Waals surface area contributed by atoms with Crippen LogP contribution in [0.5, 0.6) is 5.75 Å². The van der Waals surface area contributed by atoms with Crippen LogP contribution in [0.4, 0.5) is 0 Å². The number of aromatic amines is 1. The van der Waals surface area contributed by atoms with E-state index in [1.165, 1.54) is 0 Å². The van der Waals surface area contributed by atoms with E-state index in [4.69, 9.17) is 4.74 Å². The summed E-state index contributed by atoms with van der Waals surface area (Å²) in [7, 11) is 1.63. The molecule has 1 saturated heterocycles. The summed E-state index contributed by atoms with van der Waals surface area (Å²) in [6.07, 6.45) is 2.63. The van der Waals surface area contributed by atoms with Crippen LogP contribution in [0.25, 0.3) is 11.3 Å². The minimum atomic E-state index is -0.645. The van der Waals surface area contributed by atoms with E-state index in [-0.39, 0.29) is 5.91 Å². The van der Waals surface area contributed by atoms with E-state index in [1.807, 2.05) is 43.0 Å². The van der Waals surface area contributed by atoms with Gasteiger partial charge in [-0.15, -0.1) is 0 Å². The molecule has 1 fully saturated rings. The lowest BCUT2D eigenvalue weighted by Crippen LogP contribution is -2.40. The maximum Gasteiger partial charge on any atom is 0.271 e. The maximum atomic E-state index is 12.7.